The van der Waals surface area contributed by atoms with E-state index in [2.05, 4.69) is 30.8 Å². The molecule has 8 nitrogen and oxygen atoms in total. The van der Waals surface area contributed by atoms with E-state index >= 15 is 0 Å². The normalized spacial score (nSPS) is 16.9. The van der Waals surface area contributed by atoms with E-state index in [0.717, 1.165) is 32.8 Å². The van der Waals surface area contributed by atoms with Gasteiger partial charge in [-0.2, -0.15) is 5.21 Å². The number of morpholine rings is 1. The summed E-state index contributed by atoms with van der Waals surface area (Å²) < 4.78 is 5.24. The monoisotopic (exact) mass is 240 g/mol. The Bertz CT molecular complexity index is 335. The highest BCUT2D eigenvalue weighted by molar-refractivity contribution is 5.77. The molecule has 1 saturated heterocycles. The molecule has 1 aliphatic rings. The summed E-state index contributed by atoms with van der Waals surface area (Å²) in [6.45, 7) is 4.90. The fraction of sp³-hybridized carbons (Fsp3) is 0.778. The Hall–Kier alpha value is -1.54. The molecule has 2 heterocycles. The van der Waals surface area contributed by atoms with Crippen LogP contribution in [0.25, 0.3) is 0 Å². The third kappa shape index (κ3) is 4.08. The Morgan fingerprint density at radius 3 is 3.00 bits per heavy atom. The highest BCUT2D eigenvalue weighted by Gasteiger charge is 2.11. The third-order valence-electron chi connectivity index (χ3n) is 2.56. The summed E-state index contributed by atoms with van der Waals surface area (Å²) in [6.07, 6.45) is 0.166. The Balaban J connectivity index is 1.59. The van der Waals surface area contributed by atoms with Crippen molar-refractivity contribution in [2.45, 2.75) is 6.42 Å². The number of nitrogens with one attached hydrogen (secondary N) is 2. The smallest absolute Gasteiger partial charge is 0.227 e. The van der Waals surface area contributed by atoms with Crippen molar-refractivity contribution >= 4 is 5.91 Å². The van der Waals surface area contributed by atoms with E-state index in [9.17, 15) is 4.79 Å². The number of tetrazole rings is 1. The summed E-state index contributed by atoms with van der Waals surface area (Å²) in [5.74, 6) is 0.327. The summed E-state index contributed by atoms with van der Waals surface area (Å²) in [5.41, 5.74) is 0. The van der Waals surface area contributed by atoms with Gasteiger partial charge in [0.1, 0.15) is 0 Å². The first-order chi connectivity index (χ1) is 8.34. The number of amides is 1. The predicted octanol–water partition coefficient (Wildman–Crippen LogP) is -1.81. The summed E-state index contributed by atoms with van der Waals surface area (Å²) in [7, 11) is 0. The van der Waals surface area contributed by atoms with E-state index < -0.39 is 0 Å². The molecule has 0 spiro atoms. The molecule has 0 unspecified atom stereocenters. The third-order valence-corrected chi connectivity index (χ3v) is 2.56. The Kier molecular flexibility index (Phi) is 4.39. The van der Waals surface area contributed by atoms with E-state index in [0.29, 0.717) is 12.4 Å². The fourth-order valence-corrected chi connectivity index (χ4v) is 1.64. The van der Waals surface area contributed by atoms with Crippen LogP contribution in [0.5, 0.6) is 0 Å². The molecule has 2 rings (SSSR count). The molecule has 2 N–H and O–H groups in total. The van der Waals surface area contributed by atoms with Gasteiger partial charge in [-0.15, -0.1) is 10.2 Å². The number of hydrogen-bond donors (Lipinski definition) is 2. The standard InChI is InChI=1S/C9H16N6O2/c16-9(7-8-11-13-14-12-8)10-1-2-15-3-5-17-6-4-15/h1-7H2,(H,10,16)(H,11,12,13,14). The van der Waals surface area contributed by atoms with Crippen molar-refractivity contribution in [2.75, 3.05) is 39.4 Å². The molecule has 94 valence electrons. The van der Waals surface area contributed by atoms with E-state index in [1.807, 2.05) is 0 Å². The number of ether oxygens (including phenoxy) is 1. The summed E-state index contributed by atoms with van der Waals surface area (Å²) in [5, 5.41) is 16.0. The number of rotatable bonds is 5. The first-order valence-corrected chi connectivity index (χ1v) is 5.64. The van der Waals surface area contributed by atoms with Crippen LogP contribution in [0.3, 0.4) is 0 Å². The van der Waals surface area contributed by atoms with Gasteiger partial charge in [-0.1, -0.05) is 5.21 Å². The van der Waals surface area contributed by atoms with Crippen LogP contribution in [-0.4, -0.2) is 70.8 Å². The number of carbonyl (C=O) groups is 1. The molecule has 1 aromatic heterocycles. The molecule has 0 bridgehead atoms. The van der Waals surface area contributed by atoms with E-state index in [1.54, 1.807) is 0 Å². The molecule has 1 amide bonds. The maximum Gasteiger partial charge on any atom is 0.227 e. The van der Waals surface area contributed by atoms with E-state index in [4.69, 9.17) is 4.74 Å². The first-order valence-electron chi connectivity index (χ1n) is 5.64. The van der Waals surface area contributed by atoms with Crippen LogP contribution in [-0.2, 0) is 16.0 Å². The second-order valence-corrected chi connectivity index (χ2v) is 3.81. The van der Waals surface area contributed by atoms with Crippen molar-refractivity contribution in [1.82, 2.24) is 30.8 Å². The van der Waals surface area contributed by atoms with Gasteiger partial charge >= 0.3 is 0 Å². The van der Waals surface area contributed by atoms with Crippen molar-refractivity contribution < 1.29 is 9.53 Å². The number of aromatic nitrogens is 4. The molecule has 0 aromatic carbocycles. The summed E-state index contributed by atoms with van der Waals surface area (Å²) in [6, 6.07) is 0. The lowest BCUT2D eigenvalue weighted by atomic mass is 10.3. The van der Waals surface area contributed by atoms with Crippen molar-refractivity contribution in [3.63, 3.8) is 0 Å². The Morgan fingerprint density at radius 1 is 1.47 bits per heavy atom. The first kappa shape index (κ1) is 11.9. The number of aromatic amines is 1. The van der Waals surface area contributed by atoms with Crippen LogP contribution in [0.1, 0.15) is 5.82 Å². The van der Waals surface area contributed by atoms with Gasteiger partial charge in [-0.25, -0.2) is 0 Å². The van der Waals surface area contributed by atoms with Gasteiger partial charge in [0.2, 0.25) is 5.91 Å². The lowest BCUT2D eigenvalue weighted by molar-refractivity contribution is -0.120. The molecule has 8 heteroatoms. The molecular weight excluding hydrogens is 224 g/mol. The highest BCUT2D eigenvalue weighted by Crippen LogP contribution is 1.94. The SMILES string of the molecule is O=C(Cc1nn[nH]n1)NCCN1CCOCC1. The number of carbonyl (C=O) groups excluding carboxylic acids is 1. The van der Waals surface area contributed by atoms with Crippen LogP contribution < -0.4 is 5.32 Å². The zero-order valence-electron chi connectivity index (χ0n) is 9.56. The molecule has 0 aliphatic carbocycles. The van der Waals surface area contributed by atoms with Crippen molar-refractivity contribution in [1.29, 1.82) is 0 Å². The minimum absolute atomic E-state index is 0.0836. The van der Waals surface area contributed by atoms with Gasteiger partial charge in [-0.05, 0) is 0 Å². The summed E-state index contributed by atoms with van der Waals surface area (Å²) in [4.78, 5) is 13.7. The average molecular weight is 240 g/mol. The largest absolute Gasteiger partial charge is 0.379 e. The quantitative estimate of drug-likeness (QED) is 0.630. The van der Waals surface area contributed by atoms with Crippen LogP contribution in [0, 0.1) is 0 Å². The molecule has 1 aromatic rings. The van der Waals surface area contributed by atoms with Crippen LogP contribution in [0.2, 0.25) is 0 Å². The topological polar surface area (TPSA) is 96.0 Å². The minimum atomic E-state index is -0.0836. The number of H-pyrrole nitrogens is 1. The zero-order valence-corrected chi connectivity index (χ0v) is 9.56. The molecule has 17 heavy (non-hydrogen) atoms. The molecule has 0 radical (unpaired) electrons. The number of nitrogens with zero attached hydrogens (tertiary/aromatic N) is 4. The van der Waals surface area contributed by atoms with Crippen LogP contribution in [0.4, 0.5) is 0 Å². The fourth-order valence-electron chi connectivity index (χ4n) is 1.64. The average Bonchev–Trinajstić information content (AvgIpc) is 2.83. The lowest BCUT2D eigenvalue weighted by Crippen LogP contribution is -2.41. The van der Waals surface area contributed by atoms with Gasteiger partial charge in [0, 0.05) is 26.2 Å². The van der Waals surface area contributed by atoms with Crippen molar-refractivity contribution in [2.24, 2.45) is 0 Å². The van der Waals surface area contributed by atoms with Gasteiger partial charge in [-0.3, -0.25) is 9.69 Å². The summed E-state index contributed by atoms with van der Waals surface area (Å²) >= 11 is 0. The van der Waals surface area contributed by atoms with Gasteiger partial charge in [0.05, 0.1) is 19.6 Å². The molecular formula is C9H16N6O2. The minimum Gasteiger partial charge on any atom is -0.379 e. The number of hydrogen-bond acceptors (Lipinski definition) is 6. The zero-order chi connectivity index (χ0) is 11.9. The lowest BCUT2D eigenvalue weighted by Gasteiger charge is -2.26. The second kappa shape index (κ2) is 6.26. The maximum absolute atomic E-state index is 11.5. The Morgan fingerprint density at radius 2 is 2.29 bits per heavy atom. The Labute approximate surface area is 98.7 Å². The van der Waals surface area contributed by atoms with Crippen molar-refractivity contribution in [3.8, 4) is 0 Å². The molecule has 1 aliphatic heterocycles. The highest BCUT2D eigenvalue weighted by atomic mass is 16.5. The van der Waals surface area contributed by atoms with E-state index in [-0.39, 0.29) is 12.3 Å². The van der Waals surface area contributed by atoms with Crippen molar-refractivity contribution in [3.05, 3.63) is 5.82 Å². The molecule has 0 saturated carbocycles. The van der Waals surface area contributed by atoms with Crippen LogP contribution in [0.15, 0.2) is 0 Å². The maximum atomic E-state index is 11.5. The van der Waals surface area contributed by atoms with Gasteiger partial charge in [0.15, 0.2) is 5.82 Å². The molecule has 1 fully saturated rings. The van der Waals surface area contributed by atoms with Crippen LogP contribution >= 0.6 is 0 Å². The van der Waals surface area contributed by atoms with Gasteiger partial charge in [0.25, 0.3) is 0 Å². The predicted molar refractivity (Wildman–Crippen MR) is 58.2 cm³/mol. The molecule has 0 atom stereocenters. The van der Waals surface area contributed by atoms with E-state index in [1.165, 1.54) is 0 Å². The van der Waals surface area contributed by atoms with Gasteiger partial charge < -0.3 is 10.1 Å². The second-order valence-electron chi connectivity index (χ2n) is 3.81.